The van der Waals surface area contributed by atoms with Gasteiger partial charge < -0.3 is 14.4 Å². The van der Waals surface area contributed by atoms with Crippen LogP contribution in [0.1, 0.15) is 20.8 Å². The van der Waals surface area contributed by atoms with Crippen molar-refractivity contribution in [3.63, 3.8) is 0 Å². The van der Waals surface area contributed by atoms with Gasteiger partial charge in [-0.3, -0.25) is 4.79 Å². The highest BCUT2D eigenvalue weighted by atomic mass is 32.1. The largest absolute Gasteiger partial charge is 0.497 e. The van der Waals surface area contributed by atoms with Gasteiger partial charge in [0.25, 0.3) is 5.91 Å². The zero-order chi connectivity index (χ0) is 20.1. The van der Waals surface area contributed by atoms with Crippen molar-refractivity contribution >= 4 is 27.3 Å². The monoisotopic (exact) mass is 399 g/mol. The molecule has 1 aromatic heterocycles. The summed E-state index contributed by atoms with van der Waals surface area (Å²) in [6.45, 7) is 4.74. The molecule has 0 spiro atoms. The maximum absolute atomic E-state index is 14.4. The number of thiophene rings is 1. The fourth-order valence-corrected chi connectivity index (χ4v) is 4.28. The third kappa shape index (κ3) is 4.08. The van der Waals surface area contributed by atoms with Gasteiger partial charge in [0.2, 0.25) is 0 Å². The van der Waals surface area contributed by atoms with Crippen molar-refractivity contribution in [2.24, 2.45) is 0 Å². The van der Waals surface area contributed by atoms with Crippen LogP contribution in [0, 0.1) is 5.82 Å². The van der Waals surface area contributed by atoms with Gasteiger partial charge in [0.15, 0.2) is 0 Å². The molecule has 0 aliphatic heterocycles. The molecule has 146 valence electrons. The van der Waals surface area contributed by atoms with E-state index in [1.54, 1.807) is 24.2 Å². The number of nitrogens with zero attached hydrogens (tertiary/aromatic N) is 1. The van der Waals surface area contributed by atoms with Gasteiger partial charge in [0.05, 0.1) is 18.6 Å². The van der Waals surface area contributed by atoms with Crippen LogP contribution in [-0.4, -0.2) is 31.6 Å². The van der Waals surface area contributed by atoms with E-state index < -0.39 is 0 Å². The molecule has 0 unspecified atom stereocenters. The van der Waals surface area contributed by atoms with Crippen LogP contribution in [0.25, 0.3) is 10.1 Å². The molecule has 1 heterocycles. The Bertz CT molecular complexity index is 981. The second-order valence-electron chi connectivity index (χ2n) is 6.28. The summed E-state index contributed by atoms with van der Waals surface area (Å²) in [4.78, 5) is 15.5. The van der Waals surface area contributed by atoms with E-state index in [9.17, 15) is 9.18 Å². The van der Waals surface area contributed by atoms with Gasteiger partial charge in [-0.2, -0.15) is 0 Å². The lowest BCUT2D eigenvalue weighted by atomic mass is 10.1. The Kier molecular flexibility index (Phi) is 6.44. The third-order valence-corrected chi connectivity index (χ3v) is 5.60. The van der Waals surface area contributed by atoms with Crippen LogP contribution < -0.4 is 4.74 Å². The summed E-state index contributed by atoms with van der Waals surface area (Å²) >= 11 is 1.29. The van der Waals surface area contributed by atoms with E-state index in [-0.39, 0.29) is 18.3 Å². The molecular formula is C22H22FNO3S. The predicted molar refractivity (Wildman–Crippen MR) is 110 cm³/mol. The van der Waals surface area contributed by atoms with Gasteiger partial charge in [-0.1, -0.05) is 24.3 Å². The number of amides is 1. The second-order valence-corrected chi connectivity index (χ2v) is 7.33. The van der Waals surface area contributed by atoms with Gasteiger partial charge in [0, 0.05) is 35.8 Å². The number of carbonyl (C=O) groups is 1. The molecule has 0 fully saturated rings. The van der Waals surface area contributed by atoms with E-state index in [0.29, 0.717) is 28.9 Å². The highest BCUT2D eigenvalue weighted by Crippen LogP contribution is 2.34. The Hall–Kier alpha value is -2.70. The maximum Gasteiger partial charge on any atom is 0.264 e. The lowest BCUT2D eigenvalue weighted by molar-refractivity contribution is 0.0763. The number of carbonyl (C=O) groups excluding carboxylic acids is 1. The first-order valence-electron chi connectivity index (χ1n) is 8.81. The number of benzene rings is 2. The first kappa shape index (κ1) is 20.0. The van der Waals surface area contributed by atoms with Crippen molar-refractivity contribution in [2.45, 2.75) is 13.2 Å². The van der Waals surface area contributed by atoms with Crippen molar-refractivity contribution in [3.8, 4) is 5.75 Å². The van der Waals surface area contributed by atoms with Gasteiger partial charge in [-0.25, -0.2) is 4.39 Å². The van der Waals surface area contributed by atoms with Crippen molar-refractivity contribution in [2.75, 3.05) is 20.8 Å². The Morgan fingerprint density at radius 3 is 2.61 bits per heavy atom. The summed E-state index contributed by atoms with van der Waals surface area (Å²) in [5.41, 5.74) is 1.56. The van der Waals surface area contributed by atoms with Gasteiger partial charge in [-0.15, -0.1) is 17.9 Å². The number of rotatable bonds is 8. The molecule has 3 rings (SSSR count). The fraction of sp³-hybridized carbons (Fsp3) is 0.227. The van der Waals surface area contributed by atoms with Crippen LogP contribution in [0.4, 0.5) is 4.39 Å². The summed E-state index contributed by atoms with van der Waals surface area (Å²) in [7, 11) is 3.15. The van der Waals surface area contributed by atoms with Crippen LogP contribution in [0.3, 0.4) is 0 Å². The minimum absolute atomic E-state index is 0.164. The Balaban J connectivity index is 1.97. The van der Waals surface area contributed by atoms with Gasteiger partial charge in [0.1, 0.15) is 11.6 Å². The fourth-order valence-electron chi connectivity index (χ4n) is 3.09. The SMILES string of the molecule is C=CCN(Cc1ccc(OC)cc1)C(=O)c1sc2cccc(F)c2c1COC. The standard InChI is InChI=1S/C22H22FNO3S/c1-4-12-24(13-15-8-10-16(27-3)11-9-15)22(25)21-17(14-26-2)20-18(23)6-5-7-19(20)28-21/h4-11H,1,12-14H2,2-3H3. The lowest BCUT2D eigenvalue weighted by Crippen LogP contribution is -2.30. The molecule has 0 aliphatic carbocycles. The number of methoxy groups -OCH3 is 2. The van der Waals surface area contributed by atoms with E-state index >= 15 is 0 Å². The molecule has 0 saturated heterocycles. The van der Waals surface area contributed by atoms with Crippen molar-refractivity contribution < 1.29 is 18.7 Å². The molecular weight excluding hydrogens is 377 g/mol. The Morgan fingerprint density at radius 1 is 1.21 bits per heavy atom. The molecule has 0 aliphatic rings. The molecule has 2 aromatic carbocycles. The van der Waals surface area contributed by atoms with Gasteiger partial charge in [-0.05, 0) is 29.8 Å². The zero-order valence-electron chi connectivity index (χ0n) is 15.9. The number of hydrogen-bond acceptors (Lipinski definition) is 4. The van der Waals surface area contributed by atoms with Crippen LogP contribution in [0.15, 0.2) is 55.1 Å². The van der Waals surface area contributed by atoms with Crippen LogP contribution in [0.2, 0.25) is 0 Å². The predicted octanol–water partition coefficient (Wildman–Crippen LogP) is 5.02. The molecule has 0 N–H and O–H groups in total. The van der Waals surface area contributed by atoms with E-state index in [1.165, 1.54) is 24.5 Å². The molecule has 28 heavy (non-hydrogen) atoms. The molecule has 6 heteroatoms. The lowest BCUT2D eigenvalue weighted by Gasteiger charge is -2.21. The van der Waals surface area contributed by atoms with E-state index in [4.69, 9.17) is 9.47 Å². The smallest absolute Gasteiger partial charge is 0.264 e. The number of fused-ring (bicyclic) bond motifs is 1. The third-order valence-electron chi connectivity index (χ3n) is 4.42. The molecule has 3 aromatic rings. The zero-order valence-corrected chi connectivity index (χ0v) is 16.7. The minimum atomic E-state index is -0.342. The van der Waals surface area contributed by atoms with Crippen LogP contribution in [0.5, 0.6) is 5.75 Å². The first-order valence-corrected chi connectivity index (χ1v) is 9.62. The topological polar surface area (TPSA) is 38.8 Å². The molecule has 1 amide bonds. The highest BCUT2D eigenvalue weighted by Gasteiger charge is 2.24. The second kappa shape index (κ2) is 8.99. The van der Waals surface area contributed by atoms with Crippen molar-refractivity contribution in [3.05, 3.63) is 76.9 Å². The highest BCUT2D eigenvalue weighted by molar-refractivity contribution is 7.21. The minimum Gasteiger partial charge on any atom is -0.497 e. The van der Waals surface area contributed by atoms with E-state index in [0.717, 1.165) is 16.0 Å². The summed E-state index contributed by atoms with van der Waals surface area (Å²) in [6, 6.07) is 12.4. The Labute approximate surface area is 167 Å². The quantitative estimate of drug-likeness (QED) is 0.499. The summed E-state index contributed by atoms with van der Waals surface area (Å²) in [5, 5.41) is 0.459. The molecule has 0 saturated carbocycles. The average Bonchev–Trinajstić information content (AvgIpc) is 3.08. The summed E-state index contributed by atoms with van der Waals surface area (Å²) in [6.07, 6.45) is 1.69. The molecule has 0 radical (unpaired) electrons. The van der Waals surface area contributed by atoms with Crippen molar-refractivity contribution in [1.82, 2.24) is 4.90 Å². The molecule has 0 atom stereocenters. The molecule has 4 nitrogen and oxygen atoms in total. The van der Waals surface area contributed by atoms with Crippen LogP contribution in [-0.2, 0) is 17.9 Å². The van der Waals surface area contributed by atoms with Gasteiger partial charge >= 0.3 is 0 Å². The molecule has 0 bridgehead atoms. The van der Waals surface area contributed by atoms with E-state index in [1.807, 2.05) is 30.3 Å². The van der Waals surface area contributed by atoms with Crippen LogP contribution >= 0.6 is 11.3 Å². The average molecular weight is 399 g/mol. The number of ether oxygens (including phenoxy) is 2. The summed E-state index contributed by atoms with van der Waals surface area (Å²) < 4.78 is 25.6. The van der Waals surface area contributed by atoms with E-state index in [2.05, 4.69) is 6.58 Å². The maximum atomic E-state index is 14.4. The normalized spacial score (nSPS) is 10.8. The number of hydrogen-bond donors (Lipinski definition) is 0. The first-order chi connectivity index (χ1) is 13.6. The Morgan fingerprint density at radius 2 is 1.96 bits per heavy atom. The summed E-state index contributed by atoms with van der Waals surface area (Å²) in [5.74, 6) is 0.251. The van der Waals surface area contributed by atoms with Crippen molar-refractivity contribution in [1.29, 1.82) is 0 Å². The number of halogens is 1.